The van der Waals surface area contributed by atoms with Crippen molar-refractivity contribution in [2.24, 2.45) is 11.8 Å². The van der Waals surface area contributed by atoms with E-state index in [4.69, 9.17) is 11.6 Å². The van der Waals surface area contributed by atoms with E-state index in [1.807, 2.05) is 24.3 Å². The summed E-state index contributed by atoms with van der Waals surface area (Å²) in [6.45, 7) is 1.40. The van der Waals surface area contributed by atoms with Crippen molar-refractivity contribution < 1.29 is 27.6 Å². The third-order valence-corrected chi connectivity index (χ3v) is 8.01. The molecule has 3 aromatic rings. The number of hydrogen-bond acceptors (Lipinski definition) is 3. The lowest BCUT2D eigenvalue weighted by molar-refractivity contribution is -0.137. The summed E-state index contributed by atoms with van der Waals surface area (Å²) in [5, 5.41) is -0.155. The Morgan fingerprint density at radius 1 is 0.914 bits per heavy atom. The number of imide groups is 1. The van der Waals surface area contributed by atoms with Crippen molar-refractivity contribution >= 4 is 34.9 Å². The summed E-state index contributed by atoms with van der Waals surface area (Å²) in [4.78, 5) is 42.2. The molecule has 3 aromatic carbocycles. The normalized spacial score (nSPS) is 26.4. The summed E-state index contributed by atoms with van der Waals surface area (Å²) in [6.07, 6.45) is -4.69. The van der Waals surface area contributed by atoms with Gasteiger partial charge >= 0.3 is 6.18 Å². The second-order valence-corrected chi connectivity index (χ2v) is 9.60. The third-order valence-electron chi connectivity index (χ3n) is 7.69. The first kappa shape index (κ1) is 22.0. The first-order chi connectivity index (χ1) is 16.6. The molecule has 2 bridgehead atoms. The molecule has 1 fully saturated rings. The number of hydrogen-bond donors (Lipinski definition) is 0. The molecule has 0 spiro atoms. The van der Waals surface area contributed by atoms with Gasteiger partial charge < -0.3 is 0 Å². The average molecular weight is 496 g/mol. The molecule has 0 aromatic heterocycles. The Labute approximate surface area is 203 Å². The second kappa shape index (κ2) is 7.04. The van der Waals surface area contributed by atoms with Crippen molar-refractivity contribution in [1.82, 2.24) is 0 Å². The molecule has 1 saturated heterocycles. The Morgan fingerprint density at radius 2 is 1.49 bits per heavy atom. The first-order valence-electron chi connectivity index (χ1n) is 11.0. The molecular formula is C27H17ClF3NO3. The van der Waals surface area contributed by atoms with Gasteiger partial charge in [0.05, 0.1) is 33.5 Å². The number of amides is 2. The smallest absolute Gasteiger partial charge is 0.299 e. The molecule has 3 aliphatic carbocycles. The highest BCUT2D eigenvalue weighted by Gasteiger charge is 2.70. The van der Waals surface area contributed by atoms with Gasteiger partial charge in [-0.2, -0.15) is 13.2 Å². The number of anilines is 1. The number of benzene rings is 3. The molecule has 0 radical (unpaired) electrons. The Bertz CT molecular complexity index is 1420. The van der Waals surface area contributed by atoms with Gasteiger partial charge in [0, 0.05) is 5.92 Å². The van der Waals surface area contributed by atoms with Crippen LogP contribution in [0.2, 0.25) is 5.02 Å². The van der Waals surface area contributed by atoms with Gasteiger partial charge in [-0.3, -0.25) is 14.4 Å². The van der Waals surface area contributed by atoms with E-state index in [1.165, 1.54) is 6.92 Å². The fraction of sp³-hybridized carbons (Fsp3) is 0.222. The van der Waals surface area contributed by atoms with Crippen LogP contribution < -0.4 is 4.90 Å². The van der Waals surface area contributed by atoms with Crippen LogP contribution in [-0.4, -0.2) is 17.6 Å². The van der Waals surface area contributed by atoms with Gasteiger partial charge in [-0.05, 0) is 47.4 Å². The molecule has 4 aliphatic rings. The van der Waals surface area contributed by atoms with Crippen molar-refractivity contribution in [1.29, 1.82) is 0 Å². The highest BCUT2D eigenvalue weighted by Crippen LogP contribution is 2.64. The zero-order chi connectivity index (χ0) is 24.9. The van der Waals surface area contributed by atoms with E-state index in [-0.39, 0.29) is 16.5 Å². The molecule has 176 valence electrons. The summed E-state index contributed by atoms with van der Waals surface area (Å²) >= 11 is 6.24. The van der Waals surface area contributed by atoms with E-state index in [9.17, 15) is 27.6 Å². The molecule has 8 heteroatoms. The van der Waals surface area contributed by atoms with Crippen molar-refractivity contribution in [2.75, 3.05) is 4.90 Å². The average Bonchev–Trinajstić information content (AvgIpc) is 3.09. The summed E-state index contributed by atoms with van der Waals surface area (Å²) in [7, 11) is 0. The summed E-state index contributed by atoms with van der Waals surface area (Å²) in [5.41, 5.74) is 0.107. The Balaban J connectivity index is 1.63. The standard InChI is InChI=1S/C27H17ClF3NO3/c1-13(33)26-17-8-4-2-6-15(17)21(16-7-3-5-9-18(16)26)22-23(26)25(35)32(24(22)34)20-12-14(27(29,30)31)10-11-19(20)28/h2-12,21-23H,1H3/t21?,22-,23+,26?/m1/s1. The maximum absolute atomic E-state index is 14.0. The molecular weight excluding hydrogens is 479 g/mol. The van der Waals surface area contributed by atoms with E-state index in [1.54, 1.807) is 24.3 Å². The number of halogens is 4. The van der Waals surface area contributed by atoms with Gasteiger partial charge in [0.2, 0.25) is 11.8 Å². The minimum Gasteiger partial charge on any atom is -0.299 e. The number of carbonyl (C=O) groups excluding carboxylic acids is 3. The minimum atomic E-state index is -4.69. The number of nitrogens with zero attached hydrogens (tertiary/aromatic N) is 1. The predicted molar refractivity (Wildman–Crippen MR) is 122 cm³/mol. The summed E-state index contributed by atoms with van der Waals surface area (Å²) < 4.78 is 40.4. The van der Waals surface area contributed by atoms with Gasteiger partial charge in [0.15, 0.2) is 0 Å². The zero-order valence-electron chi connectivity index (χ0n) is 18.3. The van der Waals surface area contributed by atoms with Crippen molar-refractivity contribution in [3.05, 3.63) is 99.6 Å². The van der Waals surface area contributed by atoms with E-state index in [2.05, 4.69) is 0 Å². The SMILES string of the molecule is CC(=O)C12c3ccccc3C(c3ccccc31)[C@H]1C(=O)N(c3cc(C(F)(F)F)ccc3Cl)C(=O)[C@H]12. The maximum Gasteiger partial charge on any atom is 0.416 e. The summed E-state index contributed by atoms with van der Waals surface area (Å²) in [6, 6.07) is 17.0. The lowest BCUT2D eigenvalue weighted by Crippen LogP contribution is -2.57. The molecule has 0 saturated carbocycles. The Hall–Kier alpha value is -3.45. The largest absolute Gasteiger partial charge is 0.416 e. The minimum absolute atomic E-state index is 0.155. The Kier molecular flexibility index (Phi) is 4.43. The number of alkyl halides is 3. The highest BCUT2D eigenvalue weighted by atomic mass is 35.5. The van der Waals surface area contributed by atoms with Crippen molar-refractivity contribution in [2.45, 2.75) is 24.4 Å². The number of carbonyl (C=O) groups is 3. The highest BCUT2D eigenvalue weighted by molar-refractivity contribution is 6.36. The molecule has 0 N–H and O–H groups in total. The van der Waals surface area contributed by atoms with Crippen LogP contribution in [0.4, 0.5) is 18.9 Å². The molecule has 1 aliphatic heterocycles. The fourth-order valence-electron chi connectivity index (χ4n) is 6.47. The fourth-order valence-corrected chi connectivity index (χ4v) is 6.67. The third kappa shape index (κ3) is 2.62. The lowest BCUT2D eigenvalue weighted by atomic mass is 9.46. The van der Waals surface area contributed by atoms with Crippen molar-refractivity contribution in [3.63, 3.8) is 0 Å². The molecule has 2 amide bonds. The van der Waals surface area contributed by atoms with E-state index < -0.39 is 46.7 Å². The molecule has 35 heavy (non-hydrogen) atoms. The van der Waals surface area contributed by atoms with Crippen LogP contribution in [0.25, 0.3) is 0 Å². The first-order valence-corrected chi connectivity index (χ1v) is 11.4. The Morgan fingerprint density at radius 3 is 2.03 bits per heavy atom. The van der Waals surface area contributed by atoms with Crippen LogP contribution in [0.15, 0.2) is 66.7 Å². The van der Waals surface area contributed by atoms with E-state index in [0.717, 1.165) is 34.2 Å². The van der Waals surface area contributed by atoms with Crippen LogP contribution in [0.1, 0.15) is 40.7 Å². The van der Waals surface area contributed by atoms with Gasteiger partial charge in [0.1, 0.15) is 5.78 Å². The summed E-state index contributed by atoms with van der Waals surface area (Å²) in [5.74, 6) is -4.22. The molecule has 1 heterocycles. The van der Waals surface area contributed by atoms with Gasteiger partial charge in [-0.25, -0.2) is 4.90 Å². The van der Waals surface area contributed by atoms with Crippen molar-refractivity contribution in [3.8, 4) is 0 Å². The van der Waals surface area contributed by atoms with Crippen LogP contribution in [-0.2, 0) is 26.0 Å². The van der Waals surface area contributed by atoms with Crippen LogP contribution in [0.3, 0.4) is 0 Å². The molecule has 4 nitrogen and oxygen atoms in total. The molecule has 2 atom stereocenters. The zero-order valence-corrected chi connectivity index (χ0v) is 19.0. The lowest BCUT2D eigenvalue weighted by Gasteiger charge is -2.52. The molecule has 0 unspecified atom stereocenters. The quantitative estimate of drug-likeness (QED) is 0.441. The topological polar surface area (TPSA) is 54.5 Å². The van der Waals surface area contributed by atoms with Gasteiger partial charge in [-0.15, -0.1) is 0 Å². The van der Waals surface area contributed by atoms with Gasteiger partial charge in [0.25, 0.3) is 0 Å². The van der Waals surface area contributed by atoms with Crippen LogP contribution >= 0.6 is 11.6 Å². The number of Topliss-reactive ketones (excluding diaryl/α,β-unsaturated/α-hetero) is 1. The monoisotopic (exact) mass is 495 g/mol. The van der Waals surface area contributed by atoms with Crippen LogP contribution in [0.5, 0.6) is 0 Å². The van der Waals surface area contributed by atoms with Gasteiger partial charge in [-0.1, -0.05) is 60.1 Å². The second-order valence-electron chi connectivity index (χ2n) is 9.20. The predicted octanol–water partition coefficient (Wildman–Crippen LogP) is 5.50. The number of rotatable bonds is 2. The molecule has 7 rings (SSSR count). The van der Waals surface area contributed by atoms with E-state index in [0.29, 0.717) is 11.1 Å². The number of ketones is 1. The maximum atomic E-state index is 14.0. The van der Waals surface area contributed by atoms with Crippen LogP contribution in [0, 0.1) is 11.8 Å². The van der Waals surface area contributed by atoms with E-state index >= 15 is 0 Å².